The van der Waals surface area contributed by atoms with Crippen LogP contribution < -0.4 is 4.31 Å². The molecule has 2 aliphatic heterocycles. The lowest BCUT2D eigenvalue weighted by atomic mass is 10.0. The molecule has 222 valence electrons. The van der Waals surface area contributed by atoms with Gasteiger partial charge >= 0.3 is 0 Å². The predicted molar refractivity (Wildman–Crippen MR) is 169 cm³/mol. The van der Waals surface area contributed by atoms with Crippen LogP contribution in [0.1, 0.15) is 38.8 Å². The quantitative estimate of drug-likeness (QED) is 0.294. The molecule has 0 bridgehead atoms. The number of halogens is 2. The first kappa shape index (κ1) is 30.0. The van der Waals surface area contributed by atoms with Gasteiger partial charge in [0.15, 0.2) is 11.7 Å². The van der Waals surface area contributed by atoms with E-state index in [0.717, 1.165) is 5.56 Å². The van der Waals surface area contributed by atoms with Gasteiger partial charge in [-0.2, -0.15) is 0 Å². The minimum absolute atomic E-state index is 0.170. The second-order valence-electron chi connectivity index (χ2n) is 11.1. The molecule has 1 saturated heterocycles. The molecule has 1 fully saturated rings. The lowest BCUT2D eigenvalue weighted by molar-refractivity contribution is -0.130. The van der Waals surface area contributed by atoms with Crippen LogP contribution in [0.5, 0.6) is 0 Å². The molecule has 2 N–H and O–H groups in total. The minimum Gasteiger partial charge on any atom is -0.348 e. The summed E-state index contributed by atoms with van der Waals surface area (Å²) in [5.74, 6) is 0.141. The molecule has 0 aliphatic carbocycles. The number of amidine groups is 1. The summed E-state index contributed by atoms with van der Waals surface area (Å²) in [7, 11) is -3.86. The lowest BCUT2D eigenvalue weighted by Gasteiger charge is -2.49. The van der Waals surface area contributed by atoms with E-state index in [4.69, 9.17) is 16.6 Å². The van der Waals surface area contributed by atoms with Crippen molar-refractivity contribution in [1.82, 2.24) is 14.8 Å². The van der Waals surface area contributed by atoms with Crippen molar-refractivity contribution >= 4 is 45.8 Å². The maximum Gasteiger partial charge on any atom is 0.246 e. The molecule has 8 nitrogen and oxygen atoms in total. The molecule has 11 heteroatoms. The topological polar surface area (TPSA) is 92.5 Å². The molecule has 0 saturated carbocycles. The van der Waals surface area contributed by atoms with Crippen molar-refractivity contribution in [3.05, 3.63) is 89.2 Å². The number of hydrogen-bond acceptors (Lipinski definition) is 7. The number of rotatable bonds is 5. The van der Waals surface area contributed by atoms with Gasteiger partial charge in [0.05, 0.1) is 22.0 Å². The van der Waals surface area contributed by atoms with Gasteiger partial charge in [0.1, 0.15) is 5.82 Å². The molecule has 5 rings (SSSR count). The molecular weight excluding hydrogens is 577 g/mol. The number of piperazine rings is 1. The number of nitrogens with zero attached hydrogens (tertiary/aromatic N) is 5. The van der Waals surface area contributed by atoms with Crippen molar-refractivity contribution in [3.8, 4) is 11.3 Å². The van der Waals surface area contributed by atoms with Crippen molar-refractivity contribution < 1.29 is 18.3 Å². The number of carbonyl (C=O) groups is 1. The van der Waals surface area contributed by atoms with E-state index < -0.39 is 16.8 Å². The minimum atomic E-state index is -3.86. The van der Waals surface area contributed by atoms with Crippen LogP contribution in [-0.2, 0) is 11.2 Å². The number of fused-ring (bicyclic) bond motifs is 1. The fraction of sp³-hybridized carbons (Fsp3) is 0.323. The highest BCUT2D eigenvalue weighted by Crippen LogP contribution is 2.58. The number of hydrogen-bond donors (Lipinski definition) is 2. The van der Waals surface area contributed by atoms with Crippen molar-refractivity contribution in [3.63, 3.8) is 0 Å². The Hall–Kier alpha value is -3.44. The third-order valence-electron chi connectivity index (χ3n) is 7.53. The molecular formula is C31H35ClFN5O3S. The van der Waals surface area contributed by atoms with Gasteiger partial charge in [-0.1, -0.05) is 62.4 Å². The monoisotopic (exact) mass is 611 g/mol. The van der Waals surface area contributed by atoms with E-state index in [1.54, 1.807) is 35.2 Å². The first-order chi connectivity index (χ1) is 19.9. The van der Waals surface area contributed by atoms with Gasteiger partial charge in [0.2, 0.25) is 5.91 Å². The number of anilines is 2. The SMILES string of the molecule is C=CC(=O)N1C[C@H](C)N(C2=NS(O)(O)N(c3ccccc3CC(C)C)c3nc(-c4ccccc4F)c(Cl)cc32)C[C@H]1C. The highest BCUT2D eigenvalue weighted by Gasteiger charge is 2.42. The first-order valence-corrected chi connectivity index (χ1v) is 15.7. The Labute approximate surface area is 252 Å². The second-order valence-corrected chi connectivity index (χ2v) is 13.1. The van der Waals surface area contributed by atoms with Crippen molar-refractivity contribution in [2.45, 2.75) is 46.2 Å². The van der Waals surface area contributed by atoms with E-state index in [9.17, 15) is 18.3 Å². The van der Waals surface area contributed by atoms with Gasteiger partial charge in [-0.15, -0.1) is 4.40 Å². The number of pyridine rings is 1. The average molecular weight is 612 g/mol. The van der Waals surface area contributed by atoms with Gasteiger partial charge in [-0.05, 0) is 73.1 Å². The maximum atomic E-state index is 15.0. The van der Waals surface area contributed by atoms with Crippen LogP contribution in [0.2, 0.25) is 5.02 Å². The summed E-state index contributed by atoms with van der Waals surface area (Å²) < 4.78 is 44.4. The van der Waals surface area contributed by atoms with Crippen molar-refractivity contribution in [2.75, 3.05) is 17.4 Å². The summed E-state index contributed by atoms with van der Waals surface area (Å²) in [6, 6.07) is 14.9. The Morgan fingerprint density at radius 1 is 1.12 bits per heavy atom. The largest absolute Gasteiger partial charge is 0.348 e. The van der Waals surface area contributed by atoms with Crippen molar-refractivity contribution in [2.24, 2.45) is 10.3 Å². The standard InChI is InChI=1S/C31H35ClFN5O3S/c1-6-28(39)36-17-21(5)37(18-20(36)4)31-24-16-25(32)29(23-12-8-9-13-26(23)33)34-30(24)38(42(40,41)35-31)27-14-10-7-11-22(27)15-19(2)3/h6-14,16,19-21,40-41H,1,15,17-18H2,2-5H3/t20-,21+/m1/s1. The number of para-hydroxylation sites is 1. The number of benzene rings is 2. The lowest BCUT2D eigenvalue weighted by Crippen LogP contribution is -2.59. The summed E-state index contributed by atoms with van der Waals surface area (Å²) in [5.41, 5.74) is 2.29. The Balaban J connectivity index is 1.72. The first-order valence-electron chi connectivity index (χ1n) is 13.8. The second kappa shape index (κ2) is 11.7. The summed E-state index contributed by atoms with van der Waals surface area (Å²) in [4.78, 5) is 21.0. The Kier molecular flexibility index (Phi) is 8.35. The van der Waals surface area contributed by atoms with E-state index >= 15 is 0 Å². The zero-order chi connectivity index (χ0) is 30.3. The highest BCUT2D eigenvalue weighted by molar-refractivity contribution is 8.24. The van der Waals surface area contributed by atoms with Crippen LogP contribution in [-0.4, -0.2) is 60.8 Å². The van der Waals surface area contributed by atoms with Crippen molar-refractivity contribution in [1.29, 1.82) is 0 Å². The maximum absolute atomic E-state index is 15.0. The smallest absolute Gasteiger partial charge is 0.246 e. The molecule has 0 radical (unpaired) electrons. The summed E-state index contributed by atoms with van der Waals surface area (Å²) in [5, 5.41) is 0.196. The highest BCUT2D eigenvalue weighted by atomic mass is 35.5. The number of amides is 1. The molecule has 1 aromatic heterocycles. The fourth-order valence-electron chi connectivity index (χ4n) is 5.58. The fourth-order valence-corrected chi connectivity index (χ4v) is 7.17. The third-order valence-corrected chi connectivity index (χ3v) is 9.09. The van der Waals surface area contributed by atoms with Crippen LogP contribution in [0.15, 0.2) is 71.6 Å². The zero-order valence-corrected chi connectivity index (χ0v) is 25.6. The summed E-state index contributed by atoms with van der Waals surface area (Å²) >= 11 is 6.78. The Bertz CT molecular complexity index is 1570. The average Bonchev–Trinajstić information content (AvgIpc) is 2.94. The molecule has 42 heavy (non-hydrogen) atoms. The normalized spacial score (nSPS) is 20.7. The Morgan fingerprint density at radius 3 is 2.50 bits per heavy atom. The predicted octanol–water partition coefficient (Wildman–Crippen LogP) is 7.33. The van der Waals surface area contributed by atoms with Gasteiger partial charge in [0.25, 0.3) is 0 Å². The summed E-state index contributed by atoms with van der Waals surface area (Å²) in [6.45, 7) is 12.4. The molecule has 2 atom stereocenters. The van der Waals surface area contributed by atoms with Crippen LogP contribution in [0.3, 0.4) is 0 Å². The molecule has 3 heterocycles. The number of aromatic nitrogens is 1. The van der Waals surface area contributed by atoms with Gasteiger partial charge in [-0.3, -0.25) is 13.9 Å². The van der Waals surface area contributed by atoms with E-state index in [2.05, 4.69) is 24.8 Å². The Morgan fingerprint density at radius 2 is 1.81 bits per heavy atom. The van der Waals surface area contributed by atoms with E-state index in [-0.39, 0.29) is 40.1 Å². The zero-order valence-electron chi connectivity index (χ0n) is 24.0. The molecule has 1 amide bonds. The molecule has 0 unspecified atom stereocenters. The van der Waals surface area contributed by atoms with Gasteiger partial charge in [0, 0.05) is 30.7 Å². The number of carbonyl (C=O) groups excluding carboxylic acids is 1. The van der Waals surface area contributed by atoms with Crippen LogP contribution in [0.25, 0.3) is 11.3 Å². The van der Waals surface area contributed by atoms with Crippen LogP contribution in [0, 0.1) is 11.7 Å². The summed E-state index contributed by atoms with van der Waals surface area (Å²) in [6.07, 6.45) is 1.97. The van der Waals surface area contributed by atoms with E-state index in [1.165, 1.54) is 16.4 Å². The van der Waals surface area contributed by atoms with E-state index in [0.29, 0.717) is 42.5 Å². The van der Waals surface area contributed by atoms with Crippen LogP contribution in [0.4, 0.5) is 15.9 Å². The molecule has 3 aromatic rings. The van der Waals surface area contributed by atoms with Gasteiger partial charge < -0.3 is 9.80 Å². The van der Waals surface area contributed by atoms with Crippen LogP contribution >= 0.6 is 22.6 Å². The molecule has 0 spiro atoms. The van der Waals surface area contributed by atoms with E-state index in [1.807, 2.05) is 36.9 Å². The molecule has 2 aliphatic rings. The third kappa shape index (κ3) is 5.51. The van der Waals surface area contributed by atoms with Gasteiger partial charge in [-0.25, -0.2) is 13.7 Å². The molecule has 2 aromatic carbocycles.